The fourth-order valence-corrected chi connectivity index (χ4v) is 2.33. The number of esters is 1. The topological polar surface area (TPSA) is 72.0 Å². The Morgan fingerprint density at radius 3 is 2.89 bits per heavy atom. The van der Waals surface area contributed by atoms with Crippen molar-refractivity contribution < 1.29 is 9.53 Å². The van der Waals surface area contributed by atoms with Gasteiger partial charge in [-0.15, -0.1) is 0 Å². The van der Waals surface area contributed by atoms with E-state index in [9.17, 15) is 9.59 Å². The first-order valence-corrected chi connectivity index (χ1v) is 7.38. The molecule has 1 N–H and O–H groups in total. The van der Waals surface area contributed by atoms with Crippen LogP contribution in [0.1, 0.15) is 39.3 Å². The van der Waals surface area contributed by atoms with Crippen LogP contribution in [0.25, 0.3) is 0 Å². The monoisotopic (exact) mass is 284 g/mol. The van der Waals surface area contributed by atoms with Gasteiger partial charge in [0.1, 0.15) is 5.25 Å². The van der Waals surface area contributed by atoms with Gasteiger partial charge in [-0.2, -0.15) is 0 Å². The number of ether oxygens (including phenoxy) is 1. The van der Waals surface area contributed by atoms with E-state index in [2.05, 4.69) is 16.9 Å². The Balaban J connectivity index is 2.74. The highest BCUT2D eigenvalue weighted by Crippen LogP contribution is 2.19. The van der Waals surface area contributed by atoms with Crippen LogP contribution in [-0.4, -0.2) is 27.8 Å². The number of hydrogen-bond acceptors (Lipinski definition) is 5. The third kappa shape index (κ3) is 5.46. The second kappa shape index (κ2) is 7.99. The molecule has 5 nitrogen and oxygen atoms in total. The number of thioether (sulfide) groups is 1. The highest BCUT2D eigenvalue weighted by molar-refractivity contribution is 8.00. The Bertz CT molecular complexity index is 473. The average molecular weight is 284 g/mol. The van der Waals surface area contributed by atoms with E-state index in [4.69, 9.17) is 4.74 Å². The lowest BCUT2D eigenvalue weighted by Crippen LogP contribution is -2.18. The molecule has 0 amide bonds. The summed E-state index contributed by atoms with van der Waals surface area (Å²) in [6.07, 6.45) is 2.83. The number of nitrogens with one attached hydrogen (secondary N) is 1. The predicted octanol–water partition coefficient (Wildman–Crippen LogP) is 2.16. The van der Waals surface area contributed by atoms with Crippen molar-refractivity contribution in [2.24, 2.45) is 0 Å². The lowest BCUT2D eigenvalue weighted by Gasteiger charge is -2.09. The third-order valence-corrected chi connectivity index (χ3v) is 3.43. The second-order valence-electron chi connectivity index (χ2n) is 4.16. The minimum Gasteiger partial charge on any atom is -0.465 e. The van der Waals surface area contributed by atoms with Crippen LogP contribution >= 0.6 is 11.8 Å². The largest absolute Gasteiger partial charge is 0.465 e. The number of nitrogens with zero attached hydrogens (tertiary/aromatic N) is 1. The van der Waals surface area contributed by atoms with Gasteiger partial charge in [-0.05, 0) is 26.7 Å². The van der Waals surface area contributed by atoms with Crippen molar-refractivity contribution in [1.29, 1.82) is 0 Å². The van der Waals surface area contributed by atoms with Crippen molar-refractivity contribution in [2.75, 3.05) is 6.61 Å². The molecule has 6 heteroatoms. The molecular weight excluding hydrogens is 264 g/mol. The van der Waals surface area contributed by atoms with E-state index in [-0.39, 0.29) is 16.8 Å². The molecule has 0 radical (unpaired) electrons. The van der Waals surface area contributed by atoms with Crippen molar-refractivity contribution >= 4 is 17.7 Å². The maximum absolute atomic E-state index is 11.5. The molecule has 0 fully saturated rings. The Labute approximate surface area is 117 Å². The fraction of sp³-hybridized carbons (Fsp3) is 0.615. The molecule has 19 heavy (non-hydrogen) atoms. The zero-order valence-corrected chi connectivity index (χ0v) is 12.4. The van der Waals surface area contributed by atoms with E-state index >= 15 is 0 Å². The number of aryl methyl sites for hydroxylation is 1. The molecule has 0 saturated heterocycles. The first-order chi connectivity index (χ1) is 9.06. The summed E-state index contributed by atoms with van der Waals surface area (Å²) in [6.45, 7) is 5.94. The second-order valence-corrected chi connectivity index (χ2v) is 5.49. The van der Waals surface area contributed by atoms with Crippen molar-refractivity contribution in [3.8, 4) is 0 Å². The van der Waals surface area contributed by atoms with E-state index in [1.54, 1.807) is 13.8 Å². The Morgan fingerprint density at radius 2 is 2.26 bits per heavy atom. The third-order valence-electron chi connectivity index (χ3n) is 2.47. The molecular formula is C13H20N2O3S. The molecule has 0 spiro atoms. The number of rotatable bonds is 7. The van der Waals surface area contributed by atoms with Crippen LogP contribution in [0.4, 0.5) is 0 Å². The maximum atomic E-state index is 11.5. The molecule has 0 aromatic carbocycles. The van der Waals surface area contributed by atoms with Crippen molar-refractivity contribution in [3.05, 3.63) is 22.1 Å². The number of aromatic amines is 1. The van der Waals surface area contributed by atoms with Gasteiger partial charge in [0.25, 0.3) is 5.56 Å². The van der Waals surface area contributed by atoms with Gasteiger partial charge in [-0.1, -0.05) is 25.1 Å². The van der Waals surface area contributed by atoms with E-state index in [1.165, 1.54) is 17.8 Å². The molecule has 0 aliphatic rings. The lowest BCUT2D eigenvalue weighted by atomic mass is 10.2. The van der Waals surface area contributed by atoms with Crippen LogP contribution in [0.3, 0.4) is 0 Å². The quantitative estimate of drug-likeness (QED) is 0.472. The van der Waals surface area contributed by atoms with Crippen LogP contribution in [0, 0.1) is 0 Å². The van der Waals surface area contributed by atoms with Gasteiger partial charge >= 0.3 is 5.97 Å². The highest BCUT2D eigenvalue weighted by atomic mass is 32.2. The summed E-state index contributed by atoms with van der Waals surface area (Å²) in [7, 11) is 0. The molecule has 0 aliphatic heterocycles. The number of aromatic nitrogens is 2. The van der Waals surface area contributed by atoms with E-state index < -0.39 is 0 Å². The number of carbonyl (C=O) groups excluding carboxylic acids is 1. The Kier molecular flexibility index (Phi) is 6.62. The first-order valence-electron chi connectivity index (χ1n) is 6.50. The molecule has 0 saturated carbocycles. The van der Waals surface area contributed by atoms with Gasteiger partial charge in [0, 0.05) is 11.8 Å². The van der Waals surface area contributed by atoms with Crippen LogP contribution in [0.5, 0.6) is 0 Å². The standard InChI is InChI=1S/C13H20N2O3S/c1-4-6-7-10-8-11(16)15-13(14-10)19-9(3)12(17)18-5-2/h8-9H,4-7H2,1-3H3,(H,14,15,16). The lowest BCUT2D eigenvalue weighted by molar-refractivity contribution is -0.142. The van der Waals surface area contributed by atoms with Crippen molar-refractivity contribution in [3.63, 3.8) is 0 Å². The summed E-state index contributed by atoms with van der Waals surface area (Å²) in [5, 5.41) is 0.0867. The van der Waals surface area contributed by atoms with Crippen molar-refractivity contribution in [2.45, 2.75) is 50.4 Å². The molecule has 1 aromatic heterocycles. The number of hydrogen-bond donors (Lipinski definition) is 1. The van der Waals surface area contributed by atoms with E-state index in [0.717, 1.165) is 25.0 Å². The van der Waals surface area contributed by atoms with Crippen LogP contribution in [0.15, 0.2) is 16.0 Å². The van der Waals surface area contributed by atoms with Gasteiger partial charge < -0.3 is 9.72 Å². The average Bonchev–Trinajstić information content (AvgIpc) is 2.36. The van der Waals surface area contributed by atoms with E-state index in [1.807, 2.05) is 0 Å². The van der Waals surface area contributed by atoms with Crippen molar-refractivity contribution in [1.82, 2.24) is 9.97 Å². The fourth-order valence-electron chi connectivity index (χ4n) is 1.50. The number of H-pyrrole nitrogens is 1. The van der Waals surface area contributed by atoms with Gasteiger partial charge in [0.05, 0.1) is 6.61 Å². The van der Waals surface area contributed by atoms with Crippen LogP contribution in [-0.2, 0) is 16.0 Å². The maximum Gasteiger partial charge on any atom is 0.319 e. The number of unbranched alkanes of at least 4 members (excludes halogenated alkanes) is 1. The normalized spacial score (nSPS) is 12.2. The molecule has 1 atom stereocenters. The Morgan fingerprint density at radius 1 is 1.53 bits per heavy atom. The predicted molar refractivity (Wildman–Crippen MR) is 75.4 cm³/mol. The molecule has 1 unspecified atom stereocenters. The molecule has 106 valence electrons. The summed E-state index contributed by atoms with van der Waals surface area (Å²) >= 11 is 1.21. The SMILES string of the molecule is CCCCc1cc(=O)[nH]c(SC(C)C(=O)OCC)n1. The summed E-state index contributed by atoms with van der Waals surface area (Å²) in [4.78, 5) is 30.0. The van der Waals surface area contributed by atoms with Gasteiger partial charge in [0.2, 0.25) is 0 Å². The molecule has 1 heterocycles. The molecule has 0 aliphatic carbocycles. The summed E-state index contributed by atoms with van der Waals surface area (Å²) in [6, 6.07) is 1.51. The molecule has 1 aromatic rings. The van der Waals surface area contributed by atoms with Crippen LogP contribution in [0.2, 0.25) is 0 Å². The first kappa shape index (κ1) is 15.8. The van der Waals surface area contributed by atoms with E-state index in [0.29, 0.717) is 11.8 Å². The van der Waals surface area contributed by atoms with Crippen LogP contribution < -0.4 is 5.56 Å². The highest BCUT2D eigenvalue weighted by Gasteiger charge is 2.17. The summed E-state index contributed by atoms with van der Waals surface area (Å²) < 4.78 is 4.92. The zero-order valence-electron chi connectivity index (χ0n) is 11.6. The zero-order chi connectivity index (χ0) is 14.3. The molecule has 1 rings (SSSR count). The smallest absolute Gasteiger partial charge is 0.319 e. The summed E-state index contributed by atoms with van der Waals surface area (Å²) in [5.41, 5.74) is 0.587. The number of carbonyl (C=O) groups is 1. The molecule has 0 bridgehead atoms. The van der Waals surface area contributed by atoms with Gasteiger partial charge in [0.15, 0.2) is 5.16 Å². The van der Waals surface area contributed by atoms with Gasteiger partial charge in [-0.3, -0.25) is 9.59 Å². The van der Waals surface area contributed by atoms with Gasteiger partial charge in [-0.25, -0.2) is 4.98 Å². The Hall–Kier alpha value is -1.30. The summed E-state index contributed by atoms with van der Waals surface area (Å²) in [5.74, 6) is -0.297. The minimum atomic E-state index is -0.385. The minimum absolute atomic E-state index is 0.181.